The van der Waals surface area contributed by atoms with Gasteiger partial charge in [0.1, 0.15) is 11.4 Å². The number of aliphatic hydroxyl groups is 1. The molecule has 0 aliphatic heterocycles. The number of aromatic nitrogens is 2. The van der Waals surface area contributed by atoms with Gasteiger partial charge in [0.05, 0.1) is 30.3 Å². The smallest absolute Gasteiger partial charge is 0.255 e. The number of carbonyl (C=O) groups excluding carboxylic acids is 1. The zero-order chi connectivity index (χ0) is 16.3. The second-order valence-electron chi connectivity index (χ2n) is 5.46. The Labute approximate surface area is 133 Å². The van der Waals surface area contributed by atoms with Crippen molar-refractivity contribution in [2.24, 2.45) is 0 Å². The lowest BCUT2D eigenvalue weighted by atomic mass is 10.0. The summed E-state index contributed by atoms with van der Waals surface area (Å²) in [7, 11) is 0. The first-order valence-corrected chi connectivity index (χ1v) is 7.21. The Hall–Kier alpha value is -2.86. The maximum atomic E-state index is 12.4. The Morgan fingerprint density at radius 3 is 2.78 bits per heavy atom. The van der Waals surface area contributed by atoms with Crippen molar-refractivity contribution in [1.82, 2.24) is 15.5 Å². The maximum absolute atomic E-state index is 12.4. The van der Waals surface area contributed by atoms with E-state index >= 15 is 0 Å². The van der Waals surface area contributed by atoms with Gasteiger partial charge in [-0.15, -0.1) is 0 Å². The molecule has 1 amide bonds. The van der Waals surface area contributed by atoms with E-state index in [9.17, 15) is 9.90 Å². The lowest BCUT2D eigenvalue weighted by molar-refractivity contribution is 0.0330. The third-order valence-electron chi connectivity index (χ3n) is 3.59. The normalized spacial score (nSPS) is 13.5. The van der Waals surface area contributed by atoms with Crippen molar-refractivity contribution < 1.29 is 14.3 Å². The van der Waals surface area contributed by atoms with Crippen LogP contribution in [0.15, 0.2) is 59.3 Å². The fourth-order valence-electron chi connectivity index (χ4n) is 2.30. The van der Waals surface area contributed by atoms with Crippen molar-refractivity contribution >= 4 is 5.91 Å². The number of hydrogen-bond donors (Lipinski definition) is 3. The summed E-state index contributed by atoms with van der Waals surface area (Å²) in [4.78, 5) is 12.4. The monoisotopic (exact) mass is 311 g/mol. The first-order valence-electron chi connectivity index (χ1n) is 7.21. The van der Waals surface area contributed by atoms with Gasteiger partial charge in [0.15, 0.2) is 0 Å². The number of hydrogen-bond acceptors (Lipinski definition) is 4. The summed E-state index contributed by atoms with van der Waals surface area (Å²) in [6.07, 6.45) is 2.95. The van der Waals surface area contributed by atoms with Crippen LogP contribution in [0.4, 0.5) is 0 Å². The molecule has 3 rings (SSSR count). The highest BCUT2D eigenvalue weighted by Gasteiger charge is 2.27. The van der Waals surface area contributed by atoms with Crippen molar-refractivity contribution in [3.8, 4) is 11.3 Å². The van der Waals surface area contributed by atoms with Gasteiger partial charge < -0.3 is 14.8 Å². The number of nitrogens with zero attached hydrogens (tertiary/aromatic N) is 1. The molecule has 0 spiro atoms. The van der Waals surface area contributed by atoms with E-state index in [2.05, 4.69) is 15.5 Å². The molecule has 1 atom stereocenters. The molecule has 2 aromatic heterocycles. The zero-order valence-corrected chi connectivity index (χ0v) is 12.6. The quantitative estimate of drug-likeness (QED) is 0.674. The van der Waals surface area contributed by atoms with Gasteiger partial charge in [-0.05, 0) is 19.1 Å². The Morgan fingerprint density at radius 2 is 2.09 bits per heavy atom. The minimum atomic E-state index is -1.28. The highest BCUT2D eigenvalue weighted by Crippen LogP contribution is 2.22. The van der Waals surface area contributed by atoms with Crippen LogP contribution in [0.1, 0.15) is 23.0 Å². The zero-order valence-electron chi connectivity index (χ0n) is 12.6. The minimum Gasteiger partial charge on any atom is -0.466 e. The molecule has 0 saturated heterocycles. The molecule has 0 saturated carbocycles. The predicted molar refractivity (Wildman–Crippen MR) is 84.6 cm³/mol. The van der Waals surface area contributed by atoms with E-state index in [1.165, 1.54) is 12.5 Å². The van der Waals surface area contributed by atoms with Crippen LogP contribution in [0.5, 0.6) is 0 Å². The third kappa shape index (κ3) is 3.17. The SMILES string of the molecule is CC(O)(CNC(=O)c1cn[nH]c1-c1ccccc1)c1ccco1. The number of H-pyrrole nitrogens is 1. The molecule has 0 radical (unpaired) electrons. The number of rotatable bonds is 5. The van der Waals surface area contributed by atoms with Crippen LogP contribution in [-0.4, -0.2) is 27.8 Å². The van der Waals surface area contributed by atoms with E-state index in [-0.39, 0.29) is 12.5 Å². The van der Waals surface area contributed by atoms with Crippen molar-refractivity contribution in [3.05, 3.63) is 66.2 Å². The minimum absolute atomic E-state index is 0.0265. The van der Waals surface area contributed by atoms with E-state index in [0.29, 0.717) is 17.0 Å². The average molecular weight is 311 g/mol. The molecule has 23 heavy (non-hydrogen) atoms. The fraction of sp³-hybridized carbons (Fsp3) is 0.176. The van der Waals surface area contributed by atoms with Crippen LogP contribution in [0.25, 0.3) is 11.3 Å². The van der Waals surface area contributed by atoms with Crippen molar-refractivity contribution in [1.29, 1.82) is 0 Å². The number of furan rings is 1. The topological polar surface area (TPSA) is 91.1 Å². The van der Waals surface area contributed by atoms with Crippen LogP contribution in [0, 0.1) is 0 Å². The van der Waals surface area contributed by atoms with Gasteiger partial charge in [-0.25, -0.2) is 0 Å². The van der Waals surface area contributed by atoms with Gasteiger partial charge in [-0.2, -0.15) is 5.10 Å². The van der Waals surface area contributed by atoms with Gasteiger partial charge in [-0.3, -0.25) is 9.89 Å². The average Bonchev–Trinajstić information content (AvgIpc) is 3.25. The van der Waals surface area contributed by atoms with Crippen LogP contribution < -0.4 is 5.32 Å². The lowest BCUT2D eigenvalue weighted by Gasteiger charge is -2.21. The van der Waals surface area contributed by atoms with E-state index in [1.54, 1.807) is 19.1 Å². The predicted octanol–water partition coefficient (Wildman–Crippen LogP) is 2.31. The molecule has 118 valence electrons. The molecule has 0 fully saturated rings. The van der Waals surface area contributed by atoms with Crippen LogP contribution in [0.2, 0.25) is 0 Å². The molecule has 6 heteroatoms. The molecule has 3 aromatic rings. The molecular formula is C17H17N3O3. The van der Waals surface area contributed by atoms with Crippen molar-refractivity contribution in [2.75, 3.05) is 6.54 Å². The number of amides is 1. The molecule has 6 nitrogen and oxygen atoms in total. The number of carbonyl (C=O) groups is 1. The van der Waals surface area contributed by atoms with Gasteiger partial charge in [0, 0.05) is 5.56 Å². The van der Waals surface area contributed by atoms with Gasteiger partial charge in [0.2, 0.25) is 0 Å². The second kappa shape index (κ2) is 6.10. The van der Waals surface area contributed by atoms with E-state index in [0.717, 1.165) is 5.56 Å². The van der Waals surface area contributed by atoms with E-state index < -0.39 is 5.60 Å². The first-order chi connectivity index (χ1) is 11.1. The molecule has 1 aromatic carbocycles. The summed E-state index contributed by atoms with van der Waals surface area (Å²) in [5.74, 6) is 0.0812. The summed E-state index contributed by atoms with van der Waals surface area (Å²) < 4.78 is 5.19. The molecule has 2 heterocycles. The summed E-state index contributed by atoms with van der Waals surface area (Å²) in [5.41, 5.74) is 0.649. The summed E-state index contributed by atoms with van der Waals surface area (Å²) in [6.45, 7) is 1.61. The summed E-state index contributed by atoms with van der Waals surface area (Å²) in [6, 6.07) is 12.8. The molecule has 0 aliphatic carbocycles. The van der Waals surface area contributed by atoms with Crippen LogP contribution in [-0.2, 0) is 5.60 Å². The molecule has 0 bridgehead atoms. The van der Waals surface area contributed by atoms with Crippen LogP contribution in [0.3, 0.4) is 0 Å². The fourth-order valence-corrected chi connectivity index (χ4v) is 2.30. The van der Waals surface area contributed by atoms with Crippen molar-refractivity contribution in [3.63, 3.8) is 0 Å². The summed E-state index contributed by atoms with van der Waals surface area (Å²) >= 11 is 0. The van der Waals surface area contributed by atoms with E-state index in [4.69, 9.17) is 4.42 Å². The van der Waals surface area contributed by atoms with Crippen LogP contribution >= 0.6 is 0 Å². The molecule has 3 N–H and O–H groups in total. The van der Waals surface area contributed by atoms with Gasteiger partial charge in [-0.1, -0.05) is 30.3 Å². The highest BCUT2D eigenvalue weighted by atomic mass is 16.4. The Bertz CT molecular complexity index is 777. The Balaban J connectivity index is 1.74. The second-order valence-corrected chi connectivity index (χ2v) is 5.46. The lowest BCUT2D eigenvalue weighted by Crippen LogP contribution is -2.38. The maximum Gasteiger partial charge on any atom is 0.255 e. The highest BCUT2D eigenvalue weighted by molar-refractivity contribution is 5.99. The molecule has 1 unspecified atom stereocenters. The first kappa shape index (κ1) is 15.1. The third-order valence-corrected chi connectivity index (χ3v) is 3.59. The summed E-state index contributed by atoms with van der Waals surface area (Å²) in [5, 5.41) is 19.9. The number of benzene rings is 1. The molecular weight excluding hydrogens is 294 g/mol. The van der Waals surface area contributed by atoms with Crippen molar-refractivity contribution in [2.45, 2.75) is 12.5 Å². The standard InChI is InChI=1S/C17H17N3O3/c1-17(22,14-8-5-9-23-14)11-18-16(21)13-10-19-20-15(13)12-6-3-2-4-7-12/h2-10,22H,11H2,1H3,(H,18,21)(H,19,20). The Morgan fingerprint density at radius 1 is 1.30 bits per heavy atom. The number of nitrogens with one attached hydrogen (secondary N) is 2. The van der Waals surface area contributed by atoms with Gasteiger partial charge >= 0.3 is 0 Å². The van der Waals surface area contributed by atoms with Gasteiger partial charge in [0.25, 0.3) is 5.91 Å². The molecule has 0 aliphatic rings. The largest absolute Gasteiger partial charge is 0.466 e. The van der Waals surface area contributed by atoms with E-state index in [1.807, 2.05) is 30.3 Å². The Kier molecular flexibility index (Phi) is 3.99. The number of aromatic amines is 1.